The number of rotatable bonds is 3. The molecule has 1 aromatic carbocycles. The SMILES string of the molecule is Cl.Oc1ccc2c(c1O)/C(=C/C=NCC1(O)OCC(O)C(O)C1O)C=N2. The lowest BCUT2D eigenvalue weighted by atomic mass is 9.97. The summed E-state index contributed by atoms with van der Waals surface area (Å²) >= 11 is 0. The molecule has 10 heteroatoms. The lowest BCUT2D eigenvalue weighted by Gasteiger charge is -2.40. The summed E-state index contributed by atoms with van der Waals surface area (Å²) in [5.41, 5.74) is 1.36. The van der Waals surface area contributed by atoms with E-state index in [1.807, 2.05) is 0 Å². The van der Waals surface area contributed by atoms with E-state index in [2.05, 4.69) is 9.98 Å². The van der Waals surface area contributed by atoms with Crippen LogP contribution >= 0.6 is 12.4 Å². The topological polar surface area (TPSA) is 155 Å². The highest BCUT2D eigenvalue weighted by molar-refractivity contribution is 6.20. The lowest BCUT2D eigenvalue weighted by Crippen LogP contribution is -2.62. The van der Waals surface area contributed by atoms with Gasteiger partial charge in [-0.1, -0.05) is 0 Å². The summed E-state index contributed by atoms with van der Waals surface area (Å²) in [4.78, 5) is 8.02. The third-order valence-corrected chi connectivity index (χ3v) is 4.13. The molecule has 2 aliphatic heterocycles. The maximum Gasteiger partial charge on any atom is 0.215 e. The maximum absolute atomic E-state index is 10.2. The number of aliphatic imine (C=N–C) groups is 2. The smallest absolute Gasteiger partial charge is 0.215 e. The third-order valence-electron chi connectivity index (χ3n) is 4.13. The largest absolute Gasteiger partial charge is 0.504 e. The second kappa shape index (κ2) is 7.70. The summed E-state index contributed by atoms with van der Waals surface area (Å²) in [5, 5.41) is 58.5. The number of phenolic OH excluding ortho intramolecular Hbond substituents is 2. The van der Waals surface area contributed by atoms with E-state index in [9.17, 15) is 30.6 Å². The van der Waals surface area contributed by atoms with Gasteiger partial charge in [-0.3, -0.25) is 9.98 Å². The maximum atomic E-state index is 10.2. The minimum atomic E-state index is -2.12. The summed E-state index contributed by atoms with van der Waals surface area (Å²) in [7, 11) is 0. The molecule has 1 aromatic rings. The van der Waals surface area contributed by atoms with E-state index in [1.165, 1.54) is 24.6 Å². The van der Waals surface area contributed by atoms with Crippen molar-refractivity contribution in [1.82, 2.24) is 0 Å². The molecule has 0 spiro atoms. The van der Waals surface area contributed by atoms with Crippen LogP contribution in [0.2, 0.25) is 0 Å². The van der Waals surface area contributed by atoms with E-state index in [4.69, 9.17) is 4.74 Å². The fourth-order valence-electron chi connectivity index (χ4n) is 2.64. The first-order valence-corrected chi connectivity index (χ1v) is 7.53. The molecule has 0 bridgehead atoms. The highest BCUT2D eigenvalue weighted by Crippen LogP contribution is 2.42. The Kier molecular flexibility index (Phi) is 6.02. The molecule has 9 nitrogen and oxygen atoms in total. The van der Waals surface area contributed by atoms with Crippen molar-refractivity contribution in [1.29, 1.82) is 0 Å². The third kappa shape index (κ3) is 3.58. The van der Waals surface area contributed by atoms with Crippen molar-refractivity contribution < 1.29 is 35.4 Å². The molecule has 6 N–H and O–H groups in total. The van der Waals surface area contributed by atoms with Gasteiger partial charge in [0.2, 0.25) is 5.79 Å². The standard InChI is InChI=1S/C16H18N2O7.ClH/c19-10-2-1-9-12(13(10)21)8(5-18-9)3-4-17-7-16(24)15(23)14(22)11(20)6-25-16;/h1-5,11,14-15,19-24H,6-7H2;1H/b8-3+,17-4?;. The Labute approximate surface area is 154 Å². The molecular formula is C16H19ClN2O7. The van der Waals surface area contributed by atoms with Gasteiger partial charge in [-0.05, 0) is 18.2 Å². The van der Waals surface area contributed by atoms with Crippen LogP contribution in [0.5, 0.6) is 11.5 Å². The fourth-order valence-corrected chi connectivity index (χ4v) is 2.64. The Balaban J connectivity index is 0.00000243. The predicted molar refractivity (Wildman–Crippen MR) is 95.4 cm³/mol. The average molecular weight is 387 g/mol. The number of phenols is 2. The van der Waals surface area contributed by atoms with Crippen LogP contribution < -0.4 is 0 Å². The van der Waals surface area contributed by atoms with Crippen molar-refractivity contribution in [2.75, 3.05) is 13.2 Å². The van der Waals surface area contributed by atoms with Crippen LogP contribution in [0.3, 0.4) is 0 Å². The summed E-state index contributed by atoms with van der Waals surface area (Å²) < 4.78 is 4.99. The molecule has 142 valence electrons. The minimum absolute atomic E-state index is 0. The van der Waals surface area contributed by atoms with Crippen molar-refractivity contribution in [3.8, 4) is 11.5 Å². The Hall–Kier alpha value is -2.01. The van der Waals surface area contributed by atoms with Crippen LogP contribution in [0.25, 0.3) is 5.57 Å². The summed E-state index contributed by atoms with van der Waals surface area (Å²) in [5.74, 6) is -2.68. The monoisotopic (exact) mass is 386 g/mol. The van der Waals surface area contributed by atoms with Gasteiger partial charge in [-0.2, -0.15) is 0 Å². The zero-order valence-corrected chi connectivity index (χ0v) is 14.2. The van der Waals surface area contributed by atoms with Crippen molar-refractivity contribution >= 4 is 36.1 Å². The van der Waals surface area contributed by atoms with Crippen LogP contribution in [0.4, 0.5) is 5.69 Å². The predicted octanol–water partition coefficient (Wildman–Crippen LogP) is -0.509. The van der Waals surface area contributed by atoms with Crippen molar-refractivity contribution in [2.24, 2.45) is 9.98 Å². The van der Waals surface area contributed by atoms with Crippen LogP contribution in [0.1, 0.15) is 5.56 Å². The van der Waals surface area contributed by atoms with Crippen LogP contribution in [0.15, 0.2) is 28.2 Å². The molecule has 0 aliphatic carbocycles. The zero-order chi connectivity index (χ0) is 18.2. The number of aliphatic hydroxyl groups is 4. The molecule has 2 heterocycles. The number of aromatic hydroxyl groups is 2. The van der Waals surface area contributed by atoms with Gasteiger partial charge >= 0.3 is 0 Å². The van der Waals surface area contributed by atoms with Gasteiger partial charge in [0.05, 0.1) is 24.4 Å². The second-order valence-corrected chi connectivity index (χ2v) is 5.86. The molecule has 0 radical (unpaired) electrons. The first kappa shape index (κ1) is 20.3. The van der Waals surface area contributed by atoms with Gasteiger partial charge in [0.25, 0.3) is 0 Å². The molecule has 1 fully saturated rings. The minimum Gasteiger partial charge on any atom is -0.504 e. The van der Waals surface area contributed by atoms with Crippen molar-refractivity contribution in [3.63, 3.8) is 0 Å². The average Bonchev–Trinajstić information content (AvgIpc) is 3.01. The van der Waals surface area contributed by atoms with Gasteiger partial charge in [0, 0.05) is 18.0 Å². The van der Waals surface area contributed by atoms with Gasteiger partial charge < -0.3 is 35.4 Å². The quantitative estimate of drug-likeness (QED) is 0.302. The molecule has 3 rings (SSSR count). The van der Waals surface area contributed by atoms with Crippen molar-refractivity contribution in [3.05, 3.63) is 23.8 Å². The van der Waals surface area contributed by atoms with Gasteiger partial charge in [-0.25, -0.2) is 0 Å². The van der Waals surface area contributed by atoms with Crippen molar-refractivity contribution in [2.45, 2.75) is 24.1 Å². The van der Waals surface area contributed by atoms with E-state index < -0.39 is 24.1 Å². The Morgan fingerprint density at radius 2 is 2.00 bits per heavy atom. The lowest BCUT2D eigenvalue weighted by molar-refractivity contribution is -0.315. The number of nitrogens with zero attached hydrogens (tertiary/aromatic N) is 2. The number of hydrogen-bond donors (Lipinski definition) is 6. The van der Waals surface area contributed by atoms with E-state index in [-0.39, 0.29) is 37.1 Å². The number of allylic oxidation sites excluding steroid dienone is 2. The molecule has 0 aromatic heterocycles. The van der Waals surface area contributed by atoms with Gasteiger partial charge in [-0.15, -0.1) is 12.4 Å². The summed E-state index contributed by atoms with van der Waals surface area (Å²) in [6, 6.07) is 2.89. The van der Waals surface area contributed by atoms with Gasteiger partial charge in [0.15, 0.2) is 11.5 Å². The number of ether oxygens (including phenoxy) is 1. The Morgan fingerprint density at radius 3 is 2.73 bits per heavy atom. The molecule has 1 saturated heterocycles. The van der Waals surface area contributed by atoms with E-state index in [1.54, 1.807) is 6.07 Å². The zero-order valence-electron chi connectivity index (χ0n) is 13.4. The molecule has 4 unspecified atom stereocenters. The number of benzene rings is 1. The number of fused-ring (bicyclic) bond motifs is 1. The van der Waals surface area contributed by atoms with Crippen LogP contribution in [0, 0.1) is 0 Å². The highest BCUT2D eigenvalue weighted by Gasteiger charge is 2.48. The van der Waals surface area contributed by atoms with E-state index in [0.717, 1.165) is 0 Å². The number of aliphatic hydroxyl groups excluding tert-OH is 3. The first-order chi connectivity index (χ1) is 11.8. The highest BCUT2D eigenvalue weighted by atomic mass is 35.5. The van der Waals surface area contributed by atoms with E-state index in [0.29, 0.717) is 16.8 Å². The molecular weight excluding hydrogens is 368 g/mol. The Bertz CT molecular complexity index is 767. The molecule has 0 amide bonds. The Morgan fingerprint density at radius 1 is 1.27 bits per heavy atom. The van der Waals surface area contributed by atoms with Gasteiger partial charge in [0.1, 0.15) is 18.3 Å². The second-order valence-electron chi connectivity index (χ2n) is 5.86. The fraction of sp³-hybridized carbons (Fsp3) is 0.375. The normalized spacial score (nSPS) is 32.0. The molecule has 26 heavy (non-hydrogen) atoms. The van der Waals surface area contributed by atoms with Crippen LogP contribution in [-0.2, 0) is 4.74 Å². The molecule has 0 saturated carbocycles. The number of hydrogen-bond acceptors (Lipinski definition) is 9. The van der Waals surface area contributed by atoms with Crippen LogP contribution in [-0.4, -0.2) is 80.3 Å². The van der Waals surface area contributed by atoms with E-state index >= 15 is 0 Å². The molecule has 2 aliphatic rings. The first-order valence-electron chi connectivity index (χ1n) is 7.53. The summed E-state index contributed by atoms with van der Waals surface area (Å²) in [6.07, 6.45) is -0.250. The molecule has 4 atom stereocenters. The number of halogens is 1. The summed E-state index contributed by atoms with van der Waals surface area (Å²) in [6.45, 7) is -0.712.